The van der Waals surface area contributed by atoms with Gasteiger partial charge in [-0.25, -0.2) is 0 Å². The van der Waals surface area contributed by atoms with Gasteiger partial charge in [0, 0.05) is 24.2 Å². The highest BCUT2D eigenvalue weighted by Crippen LogP contribution is 2.28. The number of carbonyl (C=O) groups excluding carboxylic acids is 2. The third kappa shape index (κ3) is 8.97. The molecule has 0 atom stereocenters. The van der Waals surface area contributed by atoms with Crippen molar-refractivity contribution in [1.82, 2.24) is 10.6 Å². The maximum Gasteiger partial charge on any atom is 0.573 e. The molecule has 0 saturated heterocycles. The summed E-state index contributed by atoms with van der Waals surface area (Å²) >= 11 is 0. The van der Waals surface area contributed by atoms with Crippen molar-refractivity contribution in [2.45, 2.75) is 38.4 Å². The Morgan fingerprint density at radius 2 is 0.944 bits per heavy atom. The van der Waals surface area contributed by atoms with E-state index in [-0.39, 0.29) is 23.0 Å². The summed E-state index contributed by atoms with van der Waals surface area (Å²) in [5, 5.41) is 5.58. The van der Waals surface area contributed by atoms with Crippen LogP contribution in [0.5, 0.6) is 11.5 Å². The van der Waals surface area contributed by atoms with Gasteiger partial charge < -0.3 is 20.1 Å². The van der Waals surface area contributed by atoms with Crippen LogP contribution < -0.4 is 20.1 Å². The minimum atomic E-state index is -4.80. The zero-order valence-electron chi connectivity index (χ0n) is 18.9. The quantitative estimate of drug-likeness (QED) is 0.456. The first kappa shape index (κ1) is 27.2. The first-order valence-electron chi connectivity index (χ1n) is 11.2. The van der Waals surface area contributed by atoms with E-state index in [2.05, 4.69) is 20.1 Å². The highest BCUT2D eigenvalue weighted by Gasteiger charge is 2.32. The smallest absolute Gasteiger partial charge is 0.406 e. The summed E-state index contributed by atoms with van der Waals surface area (Å²) in [6.45, 7) is 0.843. The van der Waals surface area contributed by atoms with Gasteiger partial charge in [0.25, 0.3) is 11.8 Å². The van der Waals surface area contributed by atoms with Gasteiger partial charge >= 0.3 is 12.7 Å². The Balaban J connectivity index is 1.36. The van der Waals surface area contributed by atoms with Crippen molar-refractivity contribution >= 4 is 11.8 Å². The number of hydrogen-bond donors (Lipinski definition) is 2. The fourth-order valence-corrected chi connectivity index (χ4v) is 3.93. The molecule has 1 aliphatic carbocycles. The van der Waals surface area contributed by atoms with Crippen LogP contribution in [0.15, 0.2) is 48.5 Å². The van der Waals surface area contributed by atoms with E-state index in [1.54, 1.807) is 0 Å². The first-order valence-corrected chi connectivity index (χ1v) is 11.2. The Morgan fingerprint density at radius 1 is 0.639 bits per heavy atom. The van der Waals surface area contributed by atoms with Gasteiger partial charge in [0.05, 0.1) is 0 Å². The summed E-state index contributed by atoms with van der Waals surface area (Å²) in [7, 11) is 0. The number of halogens is 6. The number of rotatable bonds is 8. The summed E-state index contributed by atoms with van der Waals surface area (Å²) in [6.07, 6.45) is -6.31. The van der Waals surface area contributed by atoms with Crippen molar-refractivity contribution in [2.24, 2.45) is 11.8 Å². The largest absolute Gasteiger partial charge is 0.573 e. The number of alkyl halides is 6. The topological polar surface area (TPSA) is 76.7 Å². The molecule has 1 fully saturated rings. The van der Waals surface area contributed by atoms with E-state index >= 15 is 0 Å². The van der Waals surface area contributed by atoms with Gasteiger partial charge in [0.15, 0.2) is 0 Å². The number of hydrogen-bond acceptors (Lipinski definition) is 4. The molecular formula is C24H24F6N2O4. The molecular weight excluding hydrogens is 494 g/mol. The van der Waals surface area contributed by atoms with Gasteiger partial charge in [-0.15, -0.1) is 26.3 Å². The number of amides is 2. The van der Waals surface area contributed by atoms with Gasteiger partial charge in [0.2, 0.25) is 0 Å². The highest BCUT2D eigenvalue weighted by molar-refractivity contribution is 5.94. The zero-order chi connectivity index (χ0) is 26.3. The molecule has 0 unspecified atom stereocenters. The van der Waals surface area contributed by atoms with E-state index in [1.165, 1.54) is 24.3 Å². The van der Waals surface area contributed by atoms with Gasteiger partial charge in [-0.05, 0) is 86.1 Å². The summed E-state index contributed by atoms with van der Waals surface area (Å²) in [5.74, 6) is -1.14. The lowest BCUT2D eigenvalue weighted by molar-refractivity contribution is -0.275. The minimum Gasteiger partial charge on any atom is -0.406 e. The average Bonchev–Trinajstić information content (AvgIpc) is 2.80. The van der Waals surface area contributed by atoms with E-state index < -0.39 is 36.0 Å². The Kier molecular flexibility index (Phi) is 8.70. The Labute approximate surface area is 203 Å². The van der Waals surface area contributed by atoms with E-state index in [0.29, 0.717) is 13.1 Å². The molecule has 12 heteroatoms. The monoisotopic (exact) mass is 518 g/mol. The SMILES string of the molecule is O=C(NC[C@H]1CC[C@H](CNC(=O)c2ccc(OC(F)(F)F)cc2)CC1)c1ccc(OC(F)(F)F)cc1. The van der Waals surface area contributed by atoms with Crippen LogP contribution in [0.4, 0.5) is 26.3 Å². The maximum absolute atomic E-state index is 12.3. The lowest BCUT2D eigenvalue weighted by atomic mass is 9.82. The van der Waals surface area contributed by atoms with Crippen molar-refractivity contribution in [2.75, 3.05) is 13.1 Å². The molecule has 2 amide bonds. The molecule has 2 N–H and O–H groups in total. The molecule has 3 rings (SSSR count). The number of ether oxygens (including phenoxy) is 2. The third-order valence-electron chi connectivity index (χ3n) is 5.77. The molecule has 0 bridgehead atoms. The second kappa shape index (κ2) is 11.5. The predicted molar refractivity (Wildman–Crippen MR) is 116 cm³/mol. The summed E-state index contributed by atoms with van der Waals surface area (Å²) < 4.78 is 80.9. The van der Waals surface area contributed by atoms with Crippen molar-refractivity contribution in [3.8, 4) is 11.5 Å². The van der Waals surface area contributed by atoms with Gasteiger partial charge in [-0.3, -0.25) is 9.59 Å². The standard InChI is InChI=1S/C24H24F6N2O4/c25-23(26,27)35-19-9-5-17(6-10-19)21(33)31-13-15-1-2-16(4-3-15)14-32-22(34)18-7-11-20(12-8-18)36-24(28,29)30/h5-12,15-16H,1-4,13-14H2,(H,31,33)(H,32,34)/t15-,16-. The first-order chi connectivity index (χ1) is 16.9. The Morgan fingerprint density at radius 3 is 1.22 bits per heavy atom. The molecule has 1 aliphatic rings. The van der Waals surface area contributed by atoms with Crippen molar-refractivity contribution in [1.29, 1.82) is 0 Å². The van der Waals surface area contributed by atoms with Crippen LogP contribution in [0.25, 0.3) is 0 Å². The predicted octanol–water partition coefficient (Wildman–Crippen LogP) is 5.45. The van der Waals surface area contributed by atoms with Crippen LogP contribution in [-0.2, 0) is 0 Å². The Hall–Kier alpha value is -3.44. The fraction of sp³-hybridized carbons (Fsp3) is 0.417. The molecule has 196 valence electrons. The number of nitrogens with one attached hydrogen (secondary N) is 2. The molecule has 2 aromatic carbocycles. The van der Waals surface area contributed by atoms with Gasteiger partial charge in [-0.2, -0.15) is 0 Å². The molecule has 0 aromatic heterocycles. The number of carbonyl (C=O) groups is 2. The van der Waals surface area contributed by atoms with Crippen molar-refractivity contribution in [3.63, 3.8) is 0 Å². The van der Waals surface area contributed by atoms with Crippen molar-refractivity contribution in [3.05, 3.63) is 59.7 Å². The van der Waals surface area contributed by atoms with E-state index in [4.69, 9.17) is 0 Å². The lowest BCUT2D eigenvalue weighted by Gasteiger charge is -2.28. The molecule has 0 aliphatic heterocycles. The van der Waals surface area contributed by atoms with Crippen molar-refractivity contribution < 1.29 is 45.4 Å². The molecule has 0 heterocycles. The summed E-state index contributed by atoms with van der Waals surface area (Å²) in [6, 6.07) is 9.33. The van der Waals surface area contributed by atoms with E-state index in [0.717, 1.165) is 49.9 Å². The van der Waals surface area contributed by atoms with Crippen LogP contribution >= 0.6 is 0 Å². The Bertz CT molecular complexity index is 931. The van der Waals surface area contributed by atoms with Crippen LogP contribution in [0.2, 0.25) is 0 Å². The molecule has 0 radical (unpaired) electrons. The van der Waals surface area contributed by atoms with E-state index in [1.807, 2.05) is 0 Å². The highest BCUT2D eigenvalue weighted by atomic mass is 19.4. The zero-order valence-corrected chi connectivity index (χ0v) is 18.9. The van der Waals surface area contributed by atoms with Gasteiger partial charge in [0.1, 0.15) is 11.5 Å². The van der Waals surface area contributed by atoms with E-state index in [9.17, 15) is 35.9 Å². The fourth-order valence-electron chi connectivity index (χ4n) is 3.93. The van der Waals surface area contributed by atoms with Crippen LogP contribution in [-0.4, -0.2) is 37.6 Å². The van der Waals surface area contributed by atoms with Crippen LogP contribution in [0.3, 0.4) is 0 Å². The minimum absolute atomic E-state index is 0.221. The average molecular weight is 518 g/mol. The molecule has 36 heavy (non-hydrogen) atoms. The molecule has 2 aromatic rings. The molecule has 0 spiro atoms. The normalized spacial score (nSPS) is 18.3. The number of benzene rings is 2. The summed E-state index contributed by atoms with van der Waals surface area (Å²) in [5.41, 5.74) is 0.442. The molecule has 6 nitrogen and oxygen atoms in total. The van der Waals surface area contributed by atoms with Crippen LogP contribution in [0.1, 0.15) is 46.4 Å². The van der Waals surface area contributed by atoms with Crippen LogP contribution in [0, 0.1) is 11.8 Å². The molecule has 1 saturated carbocycles. The lowest BCUT2D eigenvalue weighted by Crippen LogP contribution is -2.34. The second-order valence-electron chi connectivity index (χ2n) is 8.45. The van der Waals surface area contributed by atoms with Gasteiger partial charge in [-0.1, -0.05) is 0 Å². The maximum atomic E-state index is 12.3. The summed E-state index contributed by atoms with van der Waals surface area (Å²) in [4.78, 5) is 24.5. The second-order valence-corrected chi connectivity index (χ2v) is 8.45. The third-order valence-corrected chi connectivity index (χ3v) is 5.77.